The van der Waals surface area contributed by atoms with Crippen LogP contribution in [0.3, 0.4) is 0 Å². The fraction of sp³-hybridized carbons (Fsp3) is 0.175. The minimum absolute atomic E-state index is 0.129. The molecule has 6 aromatic carbocycles. The highest BCUT2D eigenvalue weighted by molar-refractivity contribution is 6.19. The van der Waals surface area contributed by atoms with Crippen molar-refractivity contribution < 1.29 is 0 Å². The molecule has 0 amide bonds. The molecule has 0 atom stereocenters. The van der Waals surface area contributed by atoms with Crippen LogP contribution in [0.2, 0.25) is 0 Å². The molecule has 1 heterocycles. The van der Waals surface area contributed by atoms with Crippen molar-refractivity contribution in [3.8, 4) is 22.4 Å². The van der Waals surface area contributed by atoms with Crippen LogP contribution in [0.15, 0.2) is 109 Å². The molecule has 1 heteroatoms. The number of benzene rings is 6. The van der Waals surface area contributed by atoms with Gasteiger partial charge in [-0.1, -0.05) is 132 Å². The van der Waals surface area contributed by atoms with E-state index >= 15 is 0 Å². The maximum absolute atomic E-state index is 5.09. The monoisotopic (exact) mass is 527 g/mol. The summed E-state index contributed by atoms with van der Waals surface area (Å²) in [5, 5.41) is 10.3. The average Bonchev–Trinajstić information content (AvgIpc) is 3.22. The van der Waals surface area contributed by atoms with Gasteiger partial charge < -0.3 is 0 Å². The molecule has 0 unspecified atom stereocenters. The van der Waals surface area contributed by atoms with Crippen LogP contribution < -0.4 is 0 Å². The van der Waals surface area contributed by atoms with Crippen molar-refractivity contribution in [2.24, 2.45) is 0 Å². The summed E-state index contributed by atoms with van der Waals surface area (Å²) in [7, 11) is 0. The first-order valence-electron chi connectivity index (χ1n) is 14.6. The van der Waals surface area contributed by atoms with Gasteiger partial charge in [0.25, 0.3) is 0 Å². The summed E-state index contributed by atoms with van der Waals surface area (Å²) in [6, 6.07) is 38.5. The molecular weight excluding hydrogens is 494 g/mol. The fourth-order valence-corrected chi connectivity index (χ4v) is 7.31. The minimum Gasteiger partial charge on any atom is -0.256 e. The highest BCUT2D eigenvalue weighted by Gasteiger charge is 2.39. The van der Waals surface area contributed by atoms with Gasteiger partial charge in [0.15, 0.2) is 0 Å². The number of fused-ring (bicyclic) bond motifs is 10. The average molecular weight is 528 g/mol. The maximum atomic E-state index is 5.09. The normalized spacial score (nSPS) is 14.2. The predicted octanol–water partition coefficient (Wildman–Crippen LogP) is 11.0. The SMILES string of the molecule is CC(C)(C)c1ccc2c(ccc3c4cccc(-c5nccc6c5C(C)(C)c5ccc7ccccc7c5-6)c4ccc23)c1. The second kappa shape index (κ2) is 8.27. The lowest BCUT2D eigenvalue weighted by Gasteiger charge is -2.24. The van der Waals surface area contributed by atoms with E-state index in [1.54, 1.807) is 0 Å². The summed E-state index contributed by atoms with van der Waals surface area (Å²) >= 11 is 0. The Bertz CT molecular complexity index is 2210. The lowest BCUT2D eigenvalue weighted by atomic mass is 9.79. The zero-order valence-corrected chi connectivity index (χ0v) is 24.3. The highest BCUT2D eigenvalue weighted by Crippen LogP contribution is 2.54. The standard InChI is InChI=1S/C40H33N/c1-39(2,3)26-15-17-27-25(23-26)13-16-31-29-11-8-12-33(32(29)19-18-30(27)31)38-37-34(21-22-41-38)36-28-10-7-6-9-24(28)14-20-35(36)40(37,4)5/h6-23H,1-5H3. The Balaban J connectivity index is 1.38. The van der Waals surface area contributed by atoms with Gasteiger partial charge in [-0.05, 0) is 82.4 Å². The van der Waals surface area contributed by atoms with Crippen molar-refractivity contribution in [2.45, 2.75) is 45.4 Å². The van der Waals surface area contributed by atoms with E-state index in [-0.39, 0.29) is 10.8 Å². The molecule has 0 saturated carbocycles. The molecule has 0 radical (unpaired) electrons. The van der Waals surface area contributed by atoms with E-state index in [1.807, 2.05) is 6.20 Å². The maximum Gasteiger partial charge on any atom is 0.0755 e. The Morgan fingerprint density at radius 3 is 2.10 bits per heavy atom. The van der Waals surface area contributed by atoms with E-state index in [4.69, 9.17) is 4.98 Å². The lowest BCUT2D eigenvalue weighted by molar-refractivity contribution is 0.591. The van der Waals surface area contributed by atoms with Crippen LogP contribution in [0, 0.1) is 0 Å². The van der Waals surface area contributed by atoms with Crippen LogP contribution in [0.5, 0.6) is 0 Å². The van der Waals surface area contributed by atoms with E-state index in [2.05, 4.69) is 138 Å². The Kier molecular flexibility index (Phi) is 4.91. The molecule has 7 aromatic rings. The molecule has 0 aliphatic heterocycles. The smallest absolute Gasteiger partial charge is 0.0755 e. The molecule has 0 N–H and O–H groups in total. The zero-order chi connectivity index (χ0) is 28.1. The van der Waals surface area contributed by atoms with Crippen LogP contribution in [-0.2, 0) is 10.8 Å². The second-order valence-electron chi connectivity index (χ2n) is 13.2. The summed E-state index contributed by atoms with van der Waals surface area (Å²) in [5.41, 5.74) is 9.02. The number of nitrogens with zero attached hydrogens (tertiary/aromatic N) is 1. The molecule has 198 valence electrons. The van der Waals surface area contributed by atoms with Gasteiger partial charge in [0.2, 0.25) is 0 Å². The molecule has 41 heavy (non-hydrogen) atoms. The molecule has 1 aromatic heterocycles. The fourth-order valence-electron chi connectivity index (χ4n) is 7.31. The third-order valence-electron chi connectivity index (χ3n) is 9.44. The van der Waals surface area contributed by atoms with Crippen molar-refractivity contribution in [1.82, 2.24) is 4.98 Å². The number of hydrogen-bond donors (Lipinski definition) is 0. The molecule has 0 bridgehead atoms. The Morgan fingerprint density at radius 1 is 0.561 bits per heavy atom. The molecule has 8 rings (SSSR count). The van der Waals surface area contributed by atoms with E-state index in [1.165, 1.54) is 76.5 Å². The van der Waals surface area contributed by atoms with Crippen LogP contribution in [-0.4, -0.2) is 4.98 Å². The van der Waals surface area contributed by atoms with Crippen molar-refractivity contribution >= 4 is 43.1 Å². The number of pyridine rings is 1. The molecule has 0 fully saturated rings. The van der Waals surface area contributed by atoms with Gasteiger partial charge in [0.05, 0.1) is 5.69 Å². The molecule has 0 saturated heterocycles. The summed E-state index contributed by atoms with van der Waals surface area (Å²) in [6.07, 6.45) is 2.00. The quantitative estimate of drug-likeness (QED) is 0.193. The van der Waals surface area contributed by atoms with Crippen molar-refractivity contribution in [1.29, 1.82) is 0 Å². The van der Waals surface area contributed by atoms with E-state index < -0.39 is 0 Å². The highest BCUT2D eigenvalue weighted by atomic mass is 14.7. The minimum atomic E-state index is -0.154. The number of aromatic nitrogens is 1. The summed E-state index contributed by atoms with van der Waals surface area (Å²) in [5.74, 6) is 0. The van der Waals surface area contributed by atoms with E-state index in [0.717, 1.165) is 5.69 Å². The summed E-state index contributed by atoms with van der Waals surface area (Å²) < 4.78 is 0. The van der Waals surface area contributed by atoms with Gasteiger partial charge in [0.1, 0.15) is 0 Å². The van der Waals surface area contributed by atoms with Gasteiger partial charge >= 0.3 is 0 Å². The molecular formula is C40H33N. The Labute approximate surface area is 241 Å². The Hall–Kier alpha value is -4.49. The molecule has 1 nitrogen and oxygen atoms in total. The lowest BCUT2D eigenvalue weighted by Crippen LogP contribution is -2.17. The van der Waals surface area contributed by atoms with Gasteiger partial charge in [-0.15, -0.1) is 0 Å². The van der Waals surface area contributed by atoms with Crippen LogP contribution in [0.4, 0.5) is 0 Å². The van der Waals surface area contributed by atoms with Crippen LogP contribution >= 0.6 is 0 Å². The van der Waals surface area contributed by atoms with E-state index in [0.29, 0.717) is 0 Å². The number of rotatable bonds is 1. The summed E-state index contributed by atoms with van der Waals surface area (Å²) in [4.78, 5) is 5.09. The van der Waals surface area contributed by atoms with Crippen molar-refractivity contribution in [2.75, 3.05) is 0 Å². The molecule has 1 aliphatic rings. The van der Waals surface area contributed by atoms with Gasteiger partial charge in [-0.3, -0.25) is 4.98 Å². The van der Waals surface area contributed by atoms with Crippen LogP contribution in [0.25, 0.3) is 65.5 Å². The van der Waals surface area contributed by atoms with Gasteiger partial charge in [-0.2, -0.15) is 0 Å². The van der Waals surface area contributed by atoms with Gasteiger partial charge in [-0.25, -0.2) is 0 Å². The first kappa shape index (κ1) is 24.3. The molecule has 0 spiro atoms. The summed E-state index contributed by atoms with van der Waals surface area (Å²) in [6.45, 7) is 11.6. The third-order valence-corrected chi connectivity index (χ3v) is 9.44. The van der Waals surface area contributed by atoms with Crippen molar-refractivity contribution in [3.63, 3.8) is 0 Å². The topological polar surface area (TPSA) is 12.9 Å². The first-order chi connectivity index (χ1) is 19.7. The van der Waals surface area contributed by atoms with Crippen molar-refractivity contribution in [3.05, 3.63) is 126 Å². The predicted molar refractivity (Wildman–Crippen MR) is 176 cm³/mol. The first-order valence-corrected chi connectivity index (χ1v) is 14.6. The Morgan fingerprint density at radius 2 is 1.24 bits per heavy atom. The zero-order valence-electron chi connectivity index (χ0n) is 24.3. The third kappa shape index (κ3) is 3.39. The molecule has 1 aliphatic carbocycles. The van der Waals surface area contributed by atoms with E-state index in [9.17, 15) is 0 Å². The largest absolute Gasteiger partial charge is 0.256 e. The number of hydrogen-bond acceptors (Lipinski definition) is 1. The van der Waals surface area contributed by atoms with Gasteiger partial charge in [0, 0.05) is 17.2 Å². The van der Waals surface area contributed by atoms with Crippen LogP contribution in [0.1, 0.15) is 51.3 Å². The second-order valence-corrected chi connectivity index (χ2v) is 13.2.